The zero-order valence-electron chi connectivity index (χ0n) is 8.33. The van der Waals surface area contributed by atoms with E-state index in [1.807, 2.05) is 6.92 Å². The van der Waals surface area contributed by atoms with Gasteiger partial charge in [0.2, 0.25) is 0 Å². The lowest BCUT2D eigenvalue weighted by Crippen LogP contribution is -2.37. The van der Waals surface area contributed by atoms with Gasteiger partial charge in [-0.3, -0.25) is 14.9 Å². The third-order valence-corrected chi connectivity index (χ3v) is 1.56. The molecule has 0 radical (unpaired) electrons. The summed E-state index contributed by atoms with van der Waals surface area (Å²) >= 11 is 0. The molecule has 5 nitrogen and oxygen atoms in total. The largest absolute Gasteiger partial charge is 0.284 e. The predicted octanol–water partition coefficient (Wildman–Crippen LogP) is -0.0651. The molecule has 72 valence electrons. The summed E-state index contributed by atoms with van der Waals surface area (Å²) in [4.78, 5) is 11.5. The van der Waals surface area contributed by atoms with Gasteiger partial charge in [0.05, 0.1) is 5.69 Å². The van der Waals surface area contributed by atoms with Gasteiger partial charge in [-0.1, -0.05) is 0 Å². The molecule has 0 spiro atoms. The lowest BCUT2D eigenvalue weighted by Gasteiger charge is -2.11. The molecule has 0 atom stereocenters. The van der Waals surface area contributed by atoms with Gasteiger partial charge in [0.1, 0.15) is 5.69 Å². The van der Waals surface area contributed by atoms with E-state index >= 15 is 0 Å². The lowest BCUT2D eigenvalue weighted by molar-refractivity contribution is 0.0847. The smallest absolute Gasteiger partial charge is 0.283 e. The number of carbonyl (C=O) groups is 1. The van der Waals surface area contributed by atoms with Gasteiger partial charge >= 0.3 is 0 Å². The predicted molar refractivity (Wildman–Crippen MR) is 49.1 cm³/mol. The first-order chi connectivity index (χ1) is 6.00. The Bertz CT molecular complexity index is 316. The Morgan fingerprint density at radius 2 is 2.23 bits per heavy atom. The van der Waals surface area contributed by atoms with Crippen LogP contribution in [0.5, 0.6) is 0 Å². The fourth-order valence-electron chi connectivity index (χ4n) is 1.08. The van der Waals surface area contributed by atoms with Crippen molar-refractivity contribution in [3.8, 4) is 0 Å². The van der Waals surface area contributed by atoms with Crippen LogP contribution in [0, 0.1) is 6.92 Å². The lowest BCUT2D eigenvalue weighted by atomic mass is 10.3. The van der Waals surface area contributed by atoms with E-state index in [2.05, 4.69) is 10.5 Å². The van der Waals surface area contributed by atoms with Gasteiger partial charge in [-0.25, -0.2) is 5.01 Å². The Labute approximate surface area is 77.3 Å². The third kappa shape index (κ3) is 2.29. The summed E-state index contributed by atoms with van der Waals surface area (Å²) in [6.45, 7) is 1.85. The quantitative estimate of drug-likeness (QED) is 0.652. The van der Waals surface area contributed by atoms with Crippen molar-refractivity contribution in [2.45, 2.75) is 6.92 Å². The highest BCUT2D eigenvalue weighted by Gasteiger charge is 2.11. The van der Waals surface area contributed by atoms with Crippen LogP contribution in [-0.2, 0) is 7.05 Å². The molecule has 0 saturated heterocycles. The van der Waals surface area contributed by atoms with Crippen LogP contribution in [0.25, 0.3) is 0 Å². The molecule has 0 unspecified atom stereocenters. The second-order valence-corrected chi connectivity index (χ2v) is 3.13. The van der Waals surface area contributed by atoms with Gasteiger partial charge in [-0.15, -0.1) is 0 Å². The Morgan fingerprint density at radius 1 is 1.62 bits per heavy atom. The van der Waals surface area contributed by atoms with E-state index in [-0.39, 0.29) is 5.91 Å². The van der Waals surface area contributed by atoms with E-state index in [1.165, 1.54) is 0 Å². The van der Waals surface area contributed by atoms with Gasteiger partial charge in [0.15, 0.2) is 0 Å². The van der Waals surface area contributed by atoms with Crippen LogP contribution in [0.15, 0.2) is 6.07 Å². The maximum atomic E-state index is 11.5. The minimum absolute atomic E-state index is 0.145. The SMILES string of the molecule is Cc1cc(C(=O)NN(C)C)n(C)n1. The Hall–Kier alpha value is -1.36. The molecule has 1 heterocycles. The van der Waals surface area contributed by atoms with Crippen molar-refractivity contribution in [1.82, 2.24) is 20.2 Å². The molecule has 0 bridgehead atoms. The number of nitrogens with one attached hydrogen (secondary N) is 1. The fraction of sp³-hybridized carbons (Fsp3) is 0.500. The van der Waals surface area contributed by atoms with Crippen molar-refractivity contribution in [2.24, 2.45) is 7.05 Å². The number of hydrogen-bond donors (Lipinski definition) is 1. The average Bonchev–Trinajstić information content (AvgIpc) is 2.28. The molecule has 13 heavy (non-hydrogen) atoms. The molecule has 0 aromatic carbocycles. The number of hydrazine groups is 1. The van der Waals surface area contributed by atoms with Crippen molar-refractivity contribution in [1.29, 1.82) is 0 Å². The Balaban J connectivity index is 2.82. The van der Waals surface area contributed by atoms with Crippen LogP contribution < -0.4 is 5.43 Å². The highest BCUT2D eigenvalue weighted by Crippen LogP contribution is 2.00. The van der Waals surface area contributed by atoms with Gasteiger partial charge in [-0.2, -0.15) is 5.10 Å². The first-order valence-electron chi connectivity index (χ1n) is 3.99. The van der Waals surface area contributed by atoms with Crippen LogP contribution in [0.1, 0.15) is 16.2 Å². The van der Waals surface area contributed by atoms with Gasteiger partial charge < -0.3 is 0 Å². The Morgan fingerprint density at radius 3 is 2.62 bits per heavy atom. The van der Waals surface area contributed by atoms with Crippen LogP contribution in [-0.4, -0.2) is 34.8 Å². The monoisotopic (exact) mass is 182 g/mol. The number of hydrogen-bond acceptors (Lipinski definition) is 3. The highest BCUT2D eigenvalue weighted by molar-refractivity contribution is 5.92. The first kappa shape index (κ1) is 9.73. The third-order valence-electron chi connectivity index (χ3n) is 1.56. The summed E-state index contributed by atoms with van der Waals surface area (Å²) < 4.78 is 1.56. The summed E-state index contributed by atoms with van der Waals surface area (Å²) in [6, 6.07) is 1.75. The molecule has 1 aromatic rings. The van der Waals surface area contributed by atoms with Gasteiger partial charge in [0, 0.05) is 21.1 Å². The zero-order valence-corrected chi connectivity index (χ0v) is 8.33. The number of amides is 1. The minimum atomic E-state index is -0.145. The maximum Gasteiger partial charge on any atom is 0.283 e. The standard InChI is InChI=1S/C8H14N4O/c1-6-5-7(12(4)9-6)8(13)10-11(2)3/h5H,1-4H3,(H,10,13). The van der Waals surface area contributed by atoms with E-state index in [9.17, 15) is 4.79 Å². The summed E-state index contributed by atoms with van der Waals surface area (Å²) in [5.41, 5.74) is 4.05. The van der Waals surface area contributed by atoms with E-state index in [0.717, 1.165) is 5.69 Å². The summed E-state index contributed by atoms with van der Waals surface area (Å²) in [6.07, 6.45) is 0. The molecule has 1 N–H and O–H groups in total. The first-order valence-corrected chi connectivity index (χ1v) is 3.99. The number of aryl methyl sites for hydroxylation is 2. The van der Waals surface area contributed by atoms with Crippen LogP contribution in [0.4, 0.5) is 0 Å². The number of aromatic nitrogens is 2. The normalized spacial score (nSPS) is 10.5. The van der Waals surface area contributed by atoms with E-state index in [0.29, 0.717) is 5.69 Å². The summed E-state index contributed by atoms with van der Waals surface area (Å²) in [7, 11) is 5.28. The van der Waals surface area contributed by atoms with Gasteiger partial charge in [0.25, 0.3) is 5.91 Å². The molecule has 0 aliphatic rings. The topological polar surface area (TPSA) is 50.2 Å². The molecule has 0 saturated carbocycles. The second-order valence-electron chi connectivity index (χ2n) is 3.13. The van der Waals surface area contributed by atoms with E-state index < -0.39 is 0 Å². The van der Waals surface area contributed by atoms with Crippen molar-refractivity contribution in [3.05, 3.63) is 17.5 Å². The molecule has 0 aliphatic heterocycles. The van der Waals surface area contributed by atoms with Gasteiger partial charge in [-0.05, 0) is 13.0 Å². The van der Waals surface area contributed by atoms with Crippen molar-refractivity contribution in [2.75, 3.05) is 14.1 Å². The zero-order chi connectivity index (χ0) is 10.0. The number of rotatable bonds is 2. The molecule has 0 aliphatic carbocycles. The van der Waals surface area contributed by atoms with Crippen molar-refractivity contribution < 1.29 is 4.79 Å². The molecular formula is C8H14N4O. The van der Waals surface area contributed by atoms with Crippen LogP contribution >= 0.6 is 0 Å². The van der Waals surface area contributed by atoms with Crippen molar-refractivity contribution in [3.63, 3.8) is 0 Å². The molecule has 0 fully saturated rings. The summed E-state index contributed by atoms with van der Waals surface area (Å²) in [5.74, 6) is -0.145. The van der Waals surface area contributed by atoms with Crippen LogP contribution in [0.2, 0.25) is 0 Å². The molecular weight excluding hydrogens is 168 g/mol. The molecule has 1 aromatic heterocycles. The highest BCUT2D eigenvalue weighted by atomic mass is 16.2. The fourth-order valence-corrected chi connectivity index (χ4v) is 1.08. The number of nitrogens with zero attached hydrogens (tertiary/aromatic N) is 3. The van der Waals surface area contributed by atoms with Crippen LogP contribution in [0.3, 0.4) is 0 Å². The molecule has 1 rings (SSSR count). The molecule has 5 heteroatoms. The number of carbonyl (C=O) groups excluding carboxylic acids is 1. The molecule has 1 amide bonds. The minimum Gasteiger partial charge on any atom is -0.284 e. The summed E-state index contributed by atoms with van der Waals surface area (Å²) in [5, 5.41) is 5.68. The van der Waals surface area contributed by atoms with E-state index in [4.69, 9.17) is 0 Å². The van der Waals surface area contributed by atoms with E-state index in [1.54, 1.807) is 36.9 Å². The maximum absolute atomic E-state index is 11.5. The average molecular weight is 182 g/mol. The van der Waals surface area contributed by atoms with Crippen molar-refractivity contribution >= 4 is 5.91 Å². The second kappa shape index (κ2) is 3.57. The Kier molecular flexibility index (Phi) is 2.67.